The summed E-state index contributed by atoms with van der Waals surface area (Å²) in [4.78, 5) is 0. The van der Waals surface area contributed by atoms with Gasteiger partial charge in [-0.2, -0.15) is 0 Å². The zero-order valence-electron chi connectivity index (χ0n) is 11.8. The fourth-order valence-electron chi connectivity index (χ4n) is 4.08. The molecule has 102 valence electrons. The van der Waals surface area contributed by atoms with E-state index in [0.29, 0.717) is 12.0 Å². The fourth-order valence-corrected chi connectivity index (χ4v) is 4.08. The van der Waals surface area contributed by atoms with Crippen molar-refractivity contribution in [2.24, 2.45) is 5.73 Å². The molecule has 0 radical (unpaired) electrons. The molecule has 1 heteroatoms. The molecular formula is C19H21N. The van der Waals surface area contributed by atoms with Gasteiger partial charge >= 0.3 is 0 Å². The van der Waals surface area contributed by atoms with Gasteiger partial charge in [0.05, 0.1) is 0 Å². The molecule has 0 bridgehead atoms. The maximum atomic E-state index is 6.41. The van der Waals surface area contributed by atoms with Gasteiger partial charge in [-0.25, -0.2) is 0 Å². The quantitative estimate of drug-likeness (QED) is 0.698. The van der Waals surface area contributed by atoms with Gasteiger partial charge in [0, 0.05) is 6.04 Å². The van der Waals surface area contributed by atoms with Crippen LogP contribution in [0.3, 0.4) is 0 Å². The van der Waals surface area contributed by atoms with Crippen molar-refractivity contribution in [1.29, 1.82) is 0 Å². The van der Waals surface area contributed by atoms with Crippen LogP contribution >= 0.6 is 0 Å². The molecule has 2 atom stereocenters. The molecule has 0 heterocycles. The summed E-state index contributed by atoms with van der Waals surface area (Å²) in [5, 5.41) is 0. The Balaban J connectivity index is 1.81. The van der Waals surface area contributed by atoms with Crippen LogP contribution in [-0.2, 0) is 6.42 Å². The van der Waals surface area contributed by atoms with Gasteiger partial charge in [-0.3, -0.25) is 0 Å². The number of nitrogens with two attached hydrogens (primary N) is 1. The SMILES string of the molecule is NC1CCCCC1c1cccc2c1Cc1ccccc1-2. The smallest absolute Gasteiger partial charge is 0.0108 e. The van der Waals surface area contributed by atoms with Crippen LogP contribution in [-0.4, -0.2) is 6.04 Å². The van der Waals surface area contributed by atoms with Gasteiger partial charge in [-0.15, -0.1) is 0 Å². The minimum absolute atomic E-state index is 0.346. The van der Waals surface area contributed by atoms with Gasteiger partial charge in [-0.1, -0.05) is 55.3 Å². The topological polar surface area (TPSA) is 26.0 Å². The molecule has 1 nitrogen and oxygen atoms in total. The Hall–Kier alpha value is -1.60. The molecule has 2 unspecified atom stereocenters. The molecule has 0 saturated heterocycles. The second-order valence-electron chi connectivity index (χ2n) is 6.26. The molecule has 0 aromatic heterocycles. The van der Waals surface area contributed by atoms with Crippen molar-refractivity contribution in [1.82, 2.24) is 0 Å². The molecule has 2 aliphatic carbocycles. The fraction of sp³-hybridized carbons (Fsp3) is 0.368. The van der Waals surface area contributed by atoms with Crippen LogP contribution in [0.25, 0.3) is 11.1 Å². The van der Waals surface area contributed by atoms with Gasteiger partial charge in [0.25, 0.3) is 0 Å². The second kappa shape index (κ2) is 4.75. The van der Waals surface area contributed by atoms with E-state index >= 15 is 0 Å². The normalized spacial score (nSPS) is 24.2. The summed E-state index contributed by atoms with van der Waals surface area (Å²) >= 11 is 0. The van der Waals surface area contributed by atoms with Crippen molar-refractivity contribution in [3.8, 4) is 11.1 Å². The second-order valence-corrected chi connectivity index (χ2v) is 6.26. The Kier molecular flexibility index (Phi) is 2.89. The highest BCUT2D eigenvalue weighted by molar-refractivity contribution is 5.78. The monoisotopic (exact) mass is 263 g/mol. The first kappa shape index (κ1) is 12.2. The van der Waals surface area contributed by atoms with E-state index in [-0.39, 0.29) is 0 Å². The summed E-state index contributed by atoms with van der Waals surface area (Å²) in [6.07, 6.45) is 6.15. The summed E-state index contributed by atoms with van der Waals surface area (Å²) in [5.74, 6) is 0.563. The highest BCUT2D eigenvalue weighted by Crippen LogP contribution is 2.43. The molecule has 0 spiro atoms. The van der Waals surface area contributed by atoms with Crippen LogP contribution in [0, 0.1) is 0 Å². The minimum atomic E-state index is 0.346. The van der Waals surface area contributed by atoms with Crippen LogP contribution in [0.2, 0.25) is 0 Å². The Morgan fingerprint density at radius 2 is 1.65 bits per heavy atom. The van der Waals surface area contributed by atoms with E-state index in [9.17, 15) is 0 Å². The summed E-state index contributed by atoms with van der Waals surface area (Å²) in [5.41, 5.74) is 13.8. The Bertz CT molecular complexity index is 644. The Morgan fingerprint density at radius 1 is 0.850 bits per heavy atom. The first-order valence-electron chi connectivity index (χ1n) is 7.80. The molecule has 2 aliphatic rings. The van der Waals surface area contributed by atoms with Crippen molar-refractivity contribution in [3.05, 3.63) is 59.2 Å². The van der Waals surface area contributed by atoms with Crippen LogP contribution in [0.5, 0.6) is 0 Å². The van der Waals surface area contributed by atoms with Gasteiger partial charge in [0.15, 0.2) is 0 Å². The Labute approximate surface area is 120 Å². The molecular weight excluding hydrogens is 242 g/mol. The predicted octanol–water partition coefficient (Wildman–Crippen LogP) is 4.24. The summed E-state index contributed by atoms with van der Waals surface area (Å²) in [7, 11) is 0. The standard InChI is InChI=1S/C19H21N/c20-19-11-4-3-8-17(19)16-10-5-9-15-14-7-2-1-6-13(14)12-18(15)16/h1-2,5-7,9-10,17,19H,3-4,8,11-12,20H2. The summed E-state index contributed by atoms with van der Waals surface area (Å²) in [6, 6.07) is 16.0. The van der Waals surface area contributed by atoms with Crippen molar-refractivity contribution in [2.45, 2.75) is 44.1 Å². The van der Waals surface area contributed by atoms with Gasteiger partial charge < -0.3 is 5.73 Å². The molecule has 20 heavy (non-hydrogen) atoms. The van der Waals surface area contributed by atoms with Crippen LogP contribution in [0.15, 0.2) is 42.5 Å². The van der Waals surface area contributed by atoms with E-state index in [4.69, 9.17) is 5.73 Å². The van der Waals surface area contributed by atoms with Crippen LogP contribution < -0.4 is 5.73 Å². The highest BCUT2D eigenvalue weighted by atomic mass is 14.7. The molecule has 1 fully saturated rings. The highest BCUT2D eigenvalue weighted by Gasteiger charge is 2.28. The lowest BCUT2D eigenvalue weighted by atomic mass is 9.78. The number of benzene rings is 2. The molecule has 2 aromatic rings. The largest absolute Gasteiger partial charge is 0.327 e. The predicted molar refractivity (Wildman–Crippen MR) is 83.9 cm³/mol. The number of hydrogen-bond donors (Lipinski definition) is 1. The van der Waals surface area contributed by atoms with Crippen molar-refractivity contribution in [3.63, 3.8) is 0 Å². The van der Waals surface area contributed by atoms with E-state index in [1.54, 1.807) is 0 Å². The molecule has 0 aliphatic heterocycles. The lowest BCUT2D eigenvalue weighted by Crippen LogP contribution is -2.31. The van der Waals surface area contributed by atoms with E-state index in [1.807, 2.05) is 0 Å². The maximum absolute atomic E-state index is 6.41. The minimum Gasteiger partial charge on any atom is -0.327 e. The van der Waals surface area contributed by atoms with Crippen LogP contribution in [0.1, 0.15) is 48.3 Å². The summed E-state index contributed by atoms with van der Waals surface area (Å²) < 4.78 is 0. The molecule has 4 rings (SSSR count). The van der Waals surface area contributed by atoms with Crippen molar-refractivity contribution < 1.29 is 0 Å². The first-order valence-corrected chi connectivity index (χ1v) is 7.80. The van der Waals surface area contributed by atoms with Gasteiger partial charge in [0.1, 0.15) is 0 Å². The van der Waals surface area contributed by atoms with E-state index < -0.39 is 0 Å². The summed E-state index contributed by atoms with van der Waals surface area (Å²) in [6.45, 7) is 0. The third-order valence-electron chi connectivity index (χ3n) is 5.11. The van der Waals surface area contributed by atoms with Crippen LogP contribution in [0.4, 0.5) is 0 Å². The van der Waals surface area contributed by atoms with E-state index in [2.05, 4.69) is 42.5 Å². The average Bonchev–Trinajstić information content (AvgIpc) is 2.86. The average molecular weight is 263 g/mol. The molecule has 0 amide bonds. The molecule has 2 aromatic carbocycles. The maximum Gasteiger partial charge on any atom is 0.0108 e. The number of rotatable bonds is 1. The van der Waals surface area contributed by atoms with E-state index in [1.165, 1.54) is 53.5 Å². The first-order chi connectivity index (χ1) is 9.84. The zero-order valence-corrected chi connectivity index (χ0v) is 11.8. The Morgan fingerprint density at radius 3 is 2.55 bits per heavy atom. The third kappa shape index (κ3) is 1.81. The van der Waals surface area contributed by atoms with Crippen molar-refractivity contribution in [2.75, 3.05) is 0 Å². The van der Waals surface area contributed by atoms with E-state index in [0.717, 1.165) is 6.42 Å². The lowest BCUT2D eigenvalue weighted by molar-refractivity contribution is 0.384. The zero-order chi connectivity index (χ0) is 13.5. The number of hydrogen-bond acceptors (Lipinski definition) is 1. The molecule has 2 N–H and O–H groups in total. The third-order valence-corrected chi connectivity index (χ3v) is 5.11. The van der Waals surface area contributed by atoms with Crippen molar-refractivity contribution >= 4 is 0 Å². The molecule has 1 saturated carbocycles. The van der Waals surface area contributed by atoms with Gasteiger partial charge in [-0.05, 0) is 53.0 Å². The lowest BCUT2D eigenvalue weighted by Gasteiger charge is -2.30. The number of fused-ring (bicyclic) bond motifs is 3. The van der Waals surface area contributed by atoms with Gasteiger partial charge in [0.2, 0.25) is 0 Å².